The summed E-state index contributed by atoms with van der Waals surface area (Å²) in [6.07, 6.45) is -5.26. The van der Waals surface area contributed by atoms with Gasteiger partial charge in [0.2, 0.25) is 5.75 Å². The molecular weight excluding hydrogens is 297 g/mol. The molecule has 0 aliphatic carbocycles. The summed E-state index contributed by atoms with van der Waals surface area (Å²) in [6.45, 7) is 1.36. The predicted octanol–water partition coefficient (Wildman–Crippen LogP) is 2.54. The van der Waals surface area contributed by atoms with E-state index in [0.717, 1.165) is 6.07 Å². The first-order valence-electron chi connectivity index (χ1n) is 5.35. The highest BCUT2D eigenvalue weighted by Gasteiger charge is 2.37. The summed E-state index contributed by atoms with van der Waals surface area (Å²) in [5.41, 5.74) is -2.55. The van der Waals surface area contributed by atoms with Crippen molar-refractivity contribution in [1.29, 1.82) is 5.26 Å². The first-order valence-corrected chi connectivity index (χ1v) is 5.35. The second-order valence-electron chi connectivity index (χ2n) is 3.47. The monoisotopic (exact) mass is 304 g/mol. The maximum atomic E-state index is 12.3. The average Bonchev–Trinajstić information content (AvgIpc) is 2.36. The Morgan fingerprint density at radius 3 is 2.52 bits per heavy atom. The van der Waals surface area contributed by atoms with Crippen molar-refractivity contribution >= 4 is 11.7 Å². The van der Waals surface area contributed by atoms with Crippen molar-refractivity contribution < 1.29 is 32.4 Å². The first-order chi connectivity index (χ1) is 9.71. The number of nitriles is 1. The van der Waals surface area contributed by atoms with E-state index in [1.165, 1.54) is 13.0 Å². The molecule has 0 saturated carbocycles. The zero-order valence-corrected chi connectivity index (χ0v) is 10.4. The van der Waals surface area contributed by atoms with Crippen molar-refractivity contribution in [2.75, 3.05) is 6.61 Å². The van der Waals surface area contributed by atoms with E-state index in [1.54, 1.807) is 0 Å². The summed E-state index contributed by atoms with van der Waals surface area (Å²) >= 11 is 0. The number of halogens is 3. The number of esters is 1. The van der Waals surface area contributed by atoms with E-state index in [1.807, 2.05) is 0 Å². The Labute approximate surface area is 115 Å². The predicted molar refractivity (Wildman–Crippen MR) is 60.5 cm³/mol. The number of hydrogen-bond donors (Lipinski definition) is 0. The van der Waals surface area contributed by atoms with Crippen LogP contribution in [0.15, 0.2) is 12.1 Å². The highest BCUT2D eigenvalue weighted by atomic mass is 19.4. The zero-order valence-electron chi connectivity index (χ0n) is 10.4. The van der Waals surface area contributed by atoms with E-state index in [2.05, 4.69) is 9.47 Å². The van der Waals surface area contributed by atoms with Crippen LogP contribution in [0, 0.1) is 21.4 Å². The molecule has 0 unspecified atom stereocenters. The van der Waals surface area contributed by atoms with Gasteiger partial charge in [-0.15, -0.1) is 13.2 Å². The minimum absolute atomic E-state index is 0.0872. The first kappa shape index (κ1) is 16.2. The fraction of sp³-hybridized carbons (Fsp3) is 0.273. The molecule has 0 N–H and O–H groups in total. The van der Waals surface area contributed by atoms with Gasteiger partial charge in [-0.3, -0.25) is 10.1 Å². The van der Waals surface area contributed by atoms with Crippen LogP contribution in [0.25, 0.3) is 0 Å². The molecule has 0 heterocycles. The van der Waals surface area contributed by atoms with Gasteiger partial charge in [-0.05, 0) is 13.0 Å². The van der Waals surface area contributed by atoms with Crippen molar-refractivity contribution in [1.82, 2.24) is 0 Å². The second-order valence-corrected chi connectivity index (χ2v) is 3.47. The van der Waals surface area contributed by atoms with E-state index >= 15 is 0 Å². The Morgan fingerprint density at radius 2 is 2.10 bits per heavy atom. The molecule has 1 rings (SSSR count). The minimum atomic E-state index is -5.26. The maximum Gasteiger partial charge on any atom is 0.573 e. The Bertz CT molecular complexity index is 622. The Balaban J connectivity index is 3.54. The lowest BCUT2D eigenvalue weighted by Gasteiger charge is -2.12. The van der Waals surface area contributed by atoms with Crippen LogP contribution >= 0.6 is 0 Å². The molecule has 0 spiro atoms. The van der Waals surface area contributed by atoms with Crippen LogP contribution in [0.3, 0.4) is 0 Å². The molecule has 0 aliphatic rings. The molecule has 1 aromatic rings. The molecule has 0 bridgehead atoms. The van der Waals surface area contributed by atoms with Crippen LogP contribution in [0.1, 0.15) is 22.8 Å². The van der Waals surface area contributed by atoms with Gasteiger partial charge in [0.25, 0.3) is 0 Å². The molecule has 7 nitrogen and oxygen atoms in total. The molecule has 0 aliphatic heterocycles. The SMILES string of the molecule is CCOC(=O)c1ccc([N+](=O)[O-])c(OC(F)(F)F)c1C#N. The molecule has 10 heteroatoms. The standard InChI is InChI=1S/C11H7F3N2O5/c1-2-20-10(17)6-3-4-8(16(18)19)9(7(6)5-15)21-11(12,13)14/h3-4H,2H2,1H3. The van der Waals surface area contributed by atoms with Crippen molar-refractivity contribution in [2.24, 2.45) is 0 Å². The molecule has 0 saturated heterocycles. The third-order valence-corrected chi connectivity index (χ3v) is 2.16. The number of nitro benzene ring substituents is 1. The van der Waals surface area contributed by atoms with E-state index in [9.17, 15) is 28.1 Å². The van der Waals surface area contributed by atoms with Crippen LogP contribution in [-0.2, 0) is 4.74 Å². The topological polar surface area (TPSA) is 102 Å². The summed E-state index contributed by atoms with van der Waals surface area (Å²) in [6, 6.07) is 2.76. The van der Waals surface area contributed by atoms with Gasteiger partial charge in [-0.2, -0.15) is 5.26 Å². The van der Waals surface area contributed by atoms with E-state index in [4.69, 9.17) is 5.26 Å². The molecule has 0 fully saturated rings. The molecule has 1 aromatic carbocycles. The van der Waals surface area contributed by atoms with Crippen LogP contribution in [0.5, 0.6) is 5.75 Å². The molecular formula is C11H7F3N2O5. The maximum absolute atomic E-state index is 12.3. The highest BCUT2D eigenvalue weighted by molar-refractivity contribution is 5.94. The normalized spacial score (nSPS) is 10.6. The Kier molecular flexibility index (Phi) is 4.70. The van der Waals surface area contributed by atoms with E-state index in [-0.39, 0.29) is 6.61 Å². The van der Waals surface area contributed by atoms with Gasteiger partial charge in [0, 0.05) is 6.07 Å². The van der Waals surface area contributed by atoms with Crippen LogP contribution in [-0.4, -0.2) is 23.9 Å². The van der Waals surface area contributed by atoms with Gasteiger partial charge in [0.1, 0.15) is 11.6 Å². The fourth-order valence-corrected chi connectivity index (χ4v) is 1.42. The lowest BCUT2D eigenvalue weighted by molar-refractivity contribution is -0.388. The number of nitrogens with zero attached hydrogens (tertiary/aromatic N) is 2. The van der Waals surface area contributed by atoms with E-state index < -0.39 is 39.8 Å². The van der Waals surface area contributed by atoms with Crippen molar-refractivity contribution in [3.05, 3.63) is 33.4 Å². The molecule has 21 heavy (non-hydrogen) atoms. The molecule has 0 radical (unpaired) electrons. The number of carbonyl (C=O) groups excluding carboxylic acids is 1. The molecule has 112 valence electrons. The number of rotatable bonds is 4. The van der Waals surface area contributed by atoms with Crippen LogP contribution < -0.4 is 4.74 Å². The summed E-state index contributed by atoms with van der Waals surface area (Å²) in [5, 5.41) is 19.6. The number of alkyl halides is 3. The summed E-state index contributed by atoms with van der Waals surface area (Å²) in [7, 11) is 0. The quantitative estimate of drug-likeness (QED) is 0.481. The summed E-state index contributed by atoms with van der Waals surface area (Å²) in [5.74, 6) is -2.43. The highest BCUT2D eigenvalue weighted by Crippen LogP contribution is 2.37. The third kappa shape index (κ3) is 3.82. The Morgan fingerprint density at radius 1 is 1.48 bits per heavy atom. The largest absolute Gasteiger partial charge is 0.573 e. The fourth-order valence-electron chi connectivity index (χ4n) is 1.42. The van der Waals surface area contributed by atoms with Crippen LogP contribution in [0.2, 0.25) is 0 Å². The van der Waals surface area contributed by atoms with Crippen molar-refractivity contribution in [3.8, 4) is 11.8 Å². The van der Waals surface area contributed by atoms with Gasteiger partial charge < -0.3 is 9.47 Å². The average molecular weight is 304 g/mol. The van der Waals surface area contributed by atoms with Crippen molar-refractivity contribution in [3.63, 3.8) is 0 Å². The lowest BCUT2D eigenvalue weighted by Crippen LogP contribution is -2.20. The number of ether oxygens (including phenoxy) is 2. The van der Waals surface area contributed by atoms with Crippen LogP contribution in [0.4, 0.5) is 18.9 Å². The van der Waals surface area contributed by atoms with Crippen molar-refractivity contribution in [2.45, 2.75) is 13.3 Å². The third-order valence-electron chi connectivity index (χ3n) is 2.16. The second kappa shape index (κ2) is 6.08. The Hall–Kier alpha value is -2.83. The molecule has 0 aromatic heterocycles. The lowest BCUT2D eigenvalue weighted by atomic mass is 10.1. The van der Waals surface area contributed by atoms with Gasteiger partial charge in [-0.25, -0.2) is 4.79 Å². The molecule has 0 atom stereocenters. The minimum Gasteiger partial charge on any atom is -0.462 e. The number of nitro groups is 1. The van der Waals surface area contributed by atoms with Gasteiger partial charge in [-0.1, -0.05) is 0 Å². The summed E-state index contributed by atoms with van der Waals surface area (Å²) < 4.78 is 45.0. The van der Waals surface area contributed by atoms with Gasteiger partial charge in [0.15, 0.2) is 0 Å². The van der Waals surface area contributed by atoms with Gasteiger partial charge in [0.05, 0.1) is 17.1 Å². The number of carbonyl (C=O) groups is 1. The summed E-state index contributed by atoms with van der Waals surface area (Å²) in [4.78, 5) is 21.1. The zero-order chi connectivity index (χ0) is 16.2. The van der Waals surface area contributed by atoms with Gasteiger partial charge >= 0.3 is 18.0 Å². The molecule has 0 amide bonds. The van der Waals surface area contributed by atoms with E-state index in [0.29, 0.717) is 6.07 Å². The number of benzene rings is 1. The smallest absolute Gasteiger partial charge is 0.462 e. The number of hydrogen-bond acceptors (Lipinski definition) is 6.